The van der Waals surface area contributed by atoms with Crippen LogP contribution in [0.25, 0.3) is 0 Å². The highest BCUT2D eigenvalue weighted by Crippen LogP contribution is 2.30. The SMILES string of the molecule is CCC(C)NC(=O)C(CC)N(Cc1cccc(C)c1)C(=O)CN(c1ccc(OC)c(Cl)c1)S(C)(=O)=O. The van der Waals surface area contributed by atoms with Gasteiger partial charge in [0.2, 0.25) is 21.8 Å². The number of carbonyl (C=O) groups excluding carboxylic acids is 2. The van der Waals surface area contributed by atoms with E-state index in [0.29, 0.717) is 12.2 Å². The van der Waals surface area contributed by atoms with Gasteiger partial charge in [0.15, 0.2) is 0 Å². The Hall–Kier alpha value is -2.78. The van der Waals surface area contributed by atoms with Crippen LogP contribution >= 0.6 is 11.6 Å². The Labute approximate surface area is 219 Å². The van der Waals surface area contributed by atoms with E-state index in [0.717, 1.165) is 28.1 Å². The van der Waals surface area contributed by atoms with Crippen molar-refractivity contribution >= 4 is 39.1 Å². The van der Waals surface area contributed by atoms with Crippen LogP contribution < -0.4 is 14.4 Å². The lowest BCUT2D eigenvalue weighted by Crippen LogP contribution is -2.53. The Morgan fingerprint density at radius 1 is 1.11 bits per heavy atom. The van der Waals surface area contributed by atoms with Crippen molar-refractivity contribution in [2.24, 2.45) is 0 Å². The van der Waals surface area contributed by atoms with Crippen LogP contribution in [0.15, 0.2) is 42.5 Å². The summed E-state index contributed by atoms with van der Waals surface area (Å²) in [5.74, 6) is -0.389. The lowest BCUT2D eigenvalue weighted by molar-refractivity contribution is -0.140. The zero-order valence-corrected chi connectivity index (χ0v) is 23.3. The highest BCUT2D eigenvalue weighted by Gasteiger charge is 2.32. The third-order valence-electron chi connectivity index (χ3n) is 5.92. The normalized spacial score (nSPS) is 13.0. The van der Waals surface area contributed by atoms with Gasteiger partial charge in [-0.15, -0.1) is 0 Å². The molecule has 0 saturated carbocycles. The predicted octanol–water partition coefficient (Wildman–Crippen LogP) is 4.15. The lowest BCUT2D eigenvalue weighted by atomic mass is 10.1. The maximum Gasteiger partial charge on any atom is 0.244 e. The van der Waals surface area contributed by atoms with E-state index < -0.39 is 28.5 Å². The Bertz CT molecular complexity index is 1170. The van der Waals surface area contributed by atoms with Crippen molar-refractivity contribution in [1.29, 1.82) is 0 Å². The number of aryl methyl sites for hydroxylation is 1. The number of amides is 2. The highest BCUT2D eigenvalue weighted by molar-refractivity contribution is 7.92. The van der Waals surface area contributed by atoms with E-state index in [4.69, 9.17) is 16.3 Å². The summed E-state index contributed by atoms with van der Waals surface area (Å²) in [6, 6.07) is 11.3. The maximum absolute atomic E-state index is 13.7. The smallest absolute Gasteiger partial charge is 0.244 e. The van der Waals surface area contributed by atoms with Crippen LogP contribution in [0.3, 0.4) is 0 Å². The van der Waals surface area contributed by atoms with Gasteiger partial charge in [-0.05, 0) is 50.5 Å². The van der Waals surface area contributed by atoms with Crippen LogP contribution in [-0.2, 0) is 26.2 Å². The Balaban J connectivity index is 2.47. The highest BCUT2D eigenvalue weighted by atomic mass is 35.5. The number of ether oxygens (including phenoxy) is 1. The Morgan fingerprint density at radius 2 is 1.81 bits per heavy atom. The van der Waals surface area contributed by atoms with E-state index in [-0.39, 0.29) is 29.2 Å². The first-order chi connectivity index (χ1) is 16.9. The van der Waals surface area contributed by atoms with Gasteiger partial charge in [0, 0.05) is 12.6 Å². The molecule has 0 bridgehead atoms. The third kappa shape index (κ3) is 7.86. The van der Waals surface area contributed by atoms with Crippen LogP contribution in [0.1, 0.15) is 44.7 Å². The molecule has 2 rings (SSSR count). The van der Waals surface area contributed by atoms with Crippen molar-refractivity contribution in [3.63, 3.8) is 0 Å². The van der Waals surface area contributed by atoms with Crippen molar-refractivity contribution in [2.45, 2.75) is 59.2 Å². The van der Waals surface area contributed by atoms with Gasteiger partial charge in [-0.2, -0.15) is 0 Å². The van der Waals surface area contributed by atoms with E-state index in [1.807, 2.05) is 52.0 Å². The molecule has 1 N–H and O–H groups in total. The number of hydrogen-bond acceptors (Lipinski definition) is 5. The molecule has 0 spiro atoms. The minimum absolute atomic E-state index is 0.0589. The Kier molecular flexibility index (Phi) is 10.6. The summed E-state index contributed by atoms with van der Waals surface area (Å²) >= 11 is 6.23. The second-order valence-corrected chi connectivity index (χ2v) is 11.2. The molecule has 0 aliphatic carbocycles. The van der Waals surface area contributed by atoms with Crippen molar-refractivity contribution in [1.82, 2.24) is 10.2 Å². The molecule has 0 radical (unpaired) electrons. The molecule has 0 aliphatic heterocycles. The molecule has 2 atom stereocenters. The van der Waals surface area contributed by atoms with Crippen molar-refractivity contribution in [2.75, 3.05) is 24.2 Å². The summed E-state index contributed by atoms with van der Waals surface area (Å²) in [5, 5.41) is 3.17. The zero-order valence-electron chi connectivity index (χ0n) is 21.7. The Morgan fingerprint density at radius 3 is 2.33 bits per heavy atom. The van der Waals surface area contributed by atoms with E-state index in [9.17, 15) is 18.0 Å². The number of sulfonamides is 1. The fourth-order valence-electron chi connectivity index (χ4n) is 3.79. The summed E-state index contributed by atoms with van der Waals surface area (Å²) in [4.78, 5) is 28.3. The molecule has 0 aliphatic rings. The molecular weight excluding hydrogens is 502 g/mol. The molecule has 2 aromatic rings. The largest absolute Gasteiger partial charge is 0.495 e. The van der Waals surface area contributed by atoms with Crippen LogP contribution in [0.2, 0.25) is 5.02 Å². The van der Waals surface area contributed by atoms with E-state index in [1.165, 1.54) is 24.1 Å². The predicted molar refractivity (Wildman–Crippen MR) is 144 cm³/mol. The molecule has 0 aromatic heterocycles. The van der Waals surface area contributed by atoms with Crippen LogP contribution in [0.4, 0.5) is 5.69 Å². The second-order valence-electron chi connectivity index (χ2n) is 8.84. The van der Waals surface area contributed by atoms with Crippen LogP contribution in [0, 0.1) is 6.92 Å². The fraction of sp³-hybridized carbons (Fsp3) is 0.462. The number of halogens is 1. The molecule has 2 unspecified atom stereocenters. The monoisotopic (exact) mass is 537 g/mol. The van der Waals surface area contributed by atoms with Gasteiger partial charge in [-0.1, -0.05) is 55.3 Å². The molecule has 8 nitrogen and oxygen atoms in total. The molecule has 10 heteroatoms. The molecule has 0 heterocycles. The van der Waals surface area contributed by atoms with E-state index in [1.54, 1.807) is 6.07 Å². The molecule has 0 fully saturated rings. The molecule has 2 aromatic carbocycles. The van der Waals surface area contributed by atoms with Crippen LogP contribution in [0.5, 0.6) is 5.75 Å². The number of carbonyl (C=O) groups is 2. The number of rotatable bonds is 12. The maximum atomic E-state index is 13.7. The van der Waals surface area contributed by atoms with Gasteiger partial charge >= 0.3 is 0 Å². The van der Waals surface area contributed by atoms with Gasteiger partial charge in [0.25, 0.3) is 0 Å². The number of hydrogen-bond donors (Lipinski definition) is 1. The molecule has 198 valence electrons. The van der Waals surface area contributed by atoms with Crippen molar-refractivity contribution in [3.05, 3.63) is 58.6 Å². The number of nitrogens with one attached hydrogen (secondary N) is 1. The average molecular weight is 538 g/mol. The quantitative estimate of drug-likeness (QED) is 0.439. The van der Waals surface area contributed by atoms with E-state index in [2.05, 4.69) is 5.32 Å². The van der Waals surface area contributed by atoms with Crippen LogP contribution in [-0.4, -0.2) is 57.1 Å². The average Bonchev–Trinajstić information content (AvgIpc) is 2.81. The number of nitrogens with zero attached hydrogens (tertiary/aromatic N) is 2. The second kappa shape index (κ2) is 13.0. The summed E-state index contributed by atoms with van der Waals surface area (Å²) in [6.45, 7) is 7.31. The first-order valence-corrected chi connectivity index (χ1v) is 14.1. The standard InChI is InChI=1S/C26H36ClN3O5S/c1-7-19(4)28-26(32)23(8-2)29(16-20-11-9-10-18(3)14-20)25(31)17-30(36(6,33)34)21-12-13-24(35-5)22(27)15-21/h9-15,19,23H,7-8,16-17H2,1-6H3,(H,28,32). The van der Waals surface area contributed by atoms with E-state index >= 15 is 0 Å². The summed E-state index contributed by atoms with van der Waals surface area (Å²) in [7, 11) is -2.40. The number of anilines is 1. The summed E-state index contributed by atoms with van der Waals surface area (Å²) < 4.78 is 31.6. The molecular formula is C26H36ClN3O5S. The van der Waals surface area contributed by atoms with Gasteiger partial charge in [0.1, 0.15) is 18.3 Å². The topological polar surface area (TPSA) is 96.0 Å². The lowest BCUT2D eigenvalue weighted by Gasteiger charge is -2.33. The van der Waals surface area contributed by atoms with Gasteiger partial charge in [-0.3, -0.25) is 13.9 Å². The van der Waals surface area contributed by atoms with Gasteiger partial charge < -0.3 is 15.0 Å². The molecule has 2 amide bonds. The van der Waals surface area contributed by atoms with Crippen molar-refractivity contribution in [3.8, 4) is 5.75 Å². The number of benzene rings is 2. The fourth-order valence-corrected chi connectivity index (χ4v) is 4.89. The summed E-state index contributed by atoms with van der Waals surface area (Å²) in [5.41, 5.74) is 2.09. The van der Waals surface area contributed by atoms with Crippen molar-refractivity contribution < 1.29 is 22.7 Å². The van der Waals surface area contributed by atoms with Gasteiger partial charge in [0.05, 0.1) is 24.1 Å². The first-order valence-electron chi connectivity index (χ1n) is 11.9. The first kappa shape index (κ1) is 29.5. The van der Waals surface area contributed by atoms with Gasteiger partial charge in [-0.25, -0.2) is 8.42 Å². The zero-order chi connectivity index (χ0) is 27.0. The minimum atomic E-state index is -3.85. The summed E-state index contributed by atoms with van der Waals surface area (Å²) in [6.07, 6.45) is 2.14. The minimum Gasteiger partial charge on any atom is -0.495 e. The third-order valence-corrected chi connectivity index (χ3v) is 7.36. The number of methoxy groups -OCH3 is 1. The molecule has 0 saturated heterocycles. The molecule has 36 heavy (non-hydrogen) atoms.